The van der Waals surface area contributed by atoms with Gasteiger partial charge in [0.1, 0.15) is 0 Å². The largest absolute Gasteiger partial charge is 0.393 e. The van der Waals surface area contributed by atoms with Crippen LogP contribution in [0.4, 0.5) is 0 Å². The second-order valence-electron chi connectivity index (χ2n) is 5.91. The van der Waals surface area contributed by atoms with Gasteiger partial charge in [0.2, 0.25) is 0 Å². The third-order valence-corrected chi connectivity index (χ3v) is 3.97. The molecule has 0 saturated carbocycles. The van der Waals surface area contributed by atoms with Gasteiger partial charge in [-0.05, 0) is 12.8 Å². The zero-order chi connectivity index (χ0) is 14.6. The molecule has 0 aromatic rings. The van der Waals surface area contributed by atoms with Crippen LogP contribution in [0.1, 0.15) is 71.1 Å². The molecule has 20 heavy (non-hydrogen) atoms. The number of ether oxygens (including phenoxy) is 1. The summed E-state index contributed by atoms with van der Waals surface area (Å²) < 4.78 is 5.56. The number of hydrogen-bond donors (Lipinski definition) is 1. The number of epoxide rings is 1. The highest BCUT2D eigenvalue weighted by Gasteiger charge is 2.38. The van der Waals surface area contributed by atoms with Gasteiger partial charge in [0.15, 0.2) is 0 Å². The minimum Gasteiger partial charge on any atom is -0.393 e. The molecule has 2 nitrogen and oxygen atoms in total. The number of aliphatic hydroxyl groups excluding tert-OH is 1. The monoisotopic (exact) mass is 280 g/mol. The van der Waals surface area contributed by atoms with Crippen LogP contribution in [-0.2, 0) is 4.74 Å². The lowest BCUT2D eigenvalue weighted by atomic mass is 10.0. The molecule has 3 unspecified atom stereocenters. The topological polar surface area (TPSA) is 32.8 Å². The average molecular weight is 280 g/mol. The van der Waals surface area contributed by atoms with Crippen LogP contribution >= 0.6 is 0 Å². The summed E-state index contributed by atoms with van der Waals surface area (Å²) >= 11 is 0. The van der Waals surface area contributed by atoms with E-state index in [0.29, 0.717) is 6.10 Å². The van der Waals surface area contributed by atoms with E-state index in [2.05, 4.69) is 19.6 Å². The minimum absolute atomic E-state index is 0.177. The summed E-state index contributed by atoms with van der Waals surface area (Å²) in [6.45, 7) is 5.89. The van der Waals surface area contributed by atoms with Crippen LogP contribution in [0.5, 0.6) is 0 Å². The van der Waals surface area contributed by atoms with E-state index in [9.17, 15) is 5.11 Å². The summed E-state index contributed by atoms with van der Waals surface area (Å²) in [5.74, 6) is 0. The van der Waals surface area contributed by atoms with Crippen LogP contribution in [0.3, 0.4) is 0 Å². The van der Waals surface area contributed by atoms with E-state index in [1.165, 1.54) is 38.5 Å². The van der Waals surface area contributed by atoms with Gasteiger partial charge >= 0.3 is 0 Å². The van der Waals surface area contributed by atoms with Crippen molar-refractivity contribution in [3.8, 4) is 0 Å². The number of aliphatic hydroxyl groups is 1. The van der Waals surface area contributed by atoms with Gasteiger partial charge in [-0.3, -0.25) is 0 Å². The van der Waals surface area contributed by atoms with Crippen LogP contribution in [-0.4, -0.2) is 23.4 Å². The molecule has 0 bridgehead atoms. The second-order valence-corrected chi connectivity index (χ2v) is 5.91. The minimum atomic E-state index is -0.177. The van der Waals surface area contributed by atoms with E-state index in [4.69, 9.17) is 4.74 Å². The fourth-order valence-electron chi connectivity index (χ4n) is 2.63. The Bertz CT molecular complexity index is 273. The fraction of sp³-hybridized carbons (Fsp3) is 0.778. The first kappa shape index (κ1) is 17.5. The van der Waals surface area contributed by atoms with Gasteiger partial charge in [-0.2, -0.15) is 0 Å². The average Bonchev–Trinajstić information content (AvgIpc) is 3.16. The number of allylic oxidation sites excluding steroid dienone is 2. The highest BCUT2D eigenvalue weighted by atomic mass is 16.6. The molecule has 2 heteroatoms. The third kappa shape index (κ3) is 8.55. The van der Waals surface area contributed by atoms with Gasteiger partial charge in [-0.25, -0.2) is 0 Å². The molecule has 0 spiro atoms. The van der Waals surface area contributed by atoms with E-state index >= 15 is 0 Å². The molecule has 0 radical (unpaired) electrons. The summed E-state index contributed by atoms with van der Waals surface area (Å²) in [6, 6.07) is 0. The van der Waals surface area contributed by atoms with Crippen LogP contribution in [0, 0.1) is 0 Å². The molecular formula is C18H32O2. The van der Waals surface area contributed by atoms with Gasteiger partial charge in [0, 0.05) is 6.42 Å². The standard InChI is InChI=1S/C18H32O2/c1-3-5-7-8-9-10-12-13-16(19)15-18-17(20-18)14-11-6-4-2/h4,6,11,16-19H,2-3,5,7-10,12-15H2,1H3. The first-order valence-corrected chi connectivity index (χ1v) is 8.39. The summed E-state index contributed by atoms with van der Waals surface area (Å²) in [5, 5.41) is 9.98. The molecule has 1 N–H and O–H groups in total. The molecule has 1 aliphatic rings. The lowest BCUT2D eigenvalue weighted by Crippen LogP contribution is -2.11. The van der Waals surface area contributed by atoms with E-state index in [-0.39, 0.29) is 12.2 Å². The third-order valence-electron chi connectivity index (χ3n) is 3.97. The van der Waals surface area contributed by atoms with Crippen molar-refractivity contribution in [1.82, 2.24) is 0 Å². The molecule has 0 aliphatic carbocycles. The Hall–Kier alpha value is -0.600. The molecule has 116 valence electrons. The smallest absolute Gasteiger partial charge is 0.0877 e. The fourth-order valence-corrected chi connectivity index (χ4v) is 2.63. The SMILES string of the molecule is C=CC=CCC1OC1CC(O)CCCCCCCCC. The van der Waals surface area contributed by atoms with Crippen LogP contribution in [0.2, 0.25) is 0 Å². The molecule has 0 amide bonds. The second kappa shape index (κ2) is 11.1. The van der Waals surface area contributed by atoms with Gasteiger partial charge in [0.25, 0.3) is 0 Å². The molecule has 3 atom stereocenters. The predicted octanol–water partition coefficient (Wildman–Crippen LogP) is 4.78. The summed E-state index contributed by atoms with van der Waals surface area (Å²) in [5.41, 5.74) is 0. The molecule has 0 aromatic heterocycles. The summed E-state index contributed by atoms with van der Waals surface area (Å²) in [4.78, 5) is 0. The molecule has 0 aromatic carbocycles. The molecule has 1 fully saturated rings. The molecule has 1 rings (SSSR count). The molecular weight excluding hydrogens is 248 g/mol. The maximum atomic E-state index is 9.98. The number of rotatable bonds is 13. The van der Waals surface area contributed by atoms with Gasteiger partial charge < -0.3 is 9.84 Å². The predicted molar refractivity (Wildman–Crippen MR) is 85.8 cm³/mol. The molecule has 1 aliphatic heterocycles. The Kier molecular flexibility index (Phi) is 9.69. The van der Waals surface area contributed by atoms with E-state index in [0.717, 1.165) is 25.7 Å². The van der Waals surface area contributed by atoms with Crippen molar-refractivity contribution in [1.29, 1.82) is 0 Å². The van der Waals surface area contributed by atoms with Crippen molar-refractivity contribution in [2.45, 2.75) is 89.4 Å². The van der Waals surface area contributed by atoms with Crippen molar-refractivity contribution in [2.24, 2.45) is 0 Å². The number of unbranched alkanes of at least 4 members (excludes halogenated alkanes) is 6. The Labute approximate surface area is 124 Å². The van der Waals surface area contributed by atoms with Crippen molar-refractivity contribution < 1.29 is 9.84 Å². The van der Waals surface area contributed by atoms with Crippen molar-refractivity contribution in [3.63, 3.8) is 0 Å². The van der Waals surface area contributed by atoms with Gasteiger partial charge in [-0.1, -0.05) is 76.7 Å². The first-order chi connectivity index (χ1) is 9.77. The molecule has 1 saturated heterocycles. The summed E-state index contributed by atoms with van der Waals surface area (Å²) in [7, 11) is 0. The molecule has 1 heterocycles. The zero-order valence-electron chi connectivity index (χ0n) is 13.1. The van der Waals surface area contributed by atoms with Crippen LogP contribution in [0.15, 0.2) is 24.8 Å². The van der Waals surface area contributed by atoms with Crippen molar-refractivity contribution in [2.75, 3.05) is 0 Å². The maximum absolute atomic E-state index is 9.98. The summed E-state index contributed by atoms with van der Waals surface area (Å²) in [6.07, 6.45) is 18.1. The van der Waals surface area contributed by atoms with E-state index in [1.807, 2.05) is 6.08 Å². The van der Waals surface area contributed by atoms with Crippen LogP contribution in [0.25, 0.3) is 0 Å². The highest BCUT2D eigenvalue weighted by Crippen LogP contribution is 2.30. The van der Waals surface area contributed by atoms with Gasteiger partial charge in [-0.15, -0.1) is 0 Å². The highest BCUT2D eigenvalue weighted by molar-refractivity contribution is 5.01. The first-order valence-electron chi connectivity index (χ1n) is 8.39. The number of hydrogen-bond acceptors (Lipinski definition) is 2. The van der Waals surface area contributed by atoms with Crippen molar-refractivity contribution in [3.05, 3.63) is 24.8 Å². The Morgan fingerprint density at radius 3 is 2.50 bits per heavy atom. The normalized spacial score (nSPS) is 23.1. The Morgan fingerprint density at radius 1 is 1.10 bits per heavy atom. The van der Waals surface area contributed by atoms with Crippen molar-refractivity contribution >= 4 is 0 Å². The van der Waals surface area contributed by atoms with E-state index < -0.39 is 0 Å². The quantitative estimate of drug-likeness (QED) is 0.299. The van der Waals surface area contributed by atoms with Gasteiger partial charge in [0.05, 0.1) is 18.3 Å². The van der Waals surface area contributed by atoms with E-state index in [1.54, 1.807) is 6.08 Å². The van der Waals surface area contributed by atoms with Crippen LogP contribution < -0.4 is 0 Å². The Balaban J connectivity index is 1.90. The Morgan fingerprint density at radius 2 is 1.80 bits per heavy atom. The maximum Gasteiger partial charge on any atom is 0.0877 e. The zero-order valence-corrected chi connectivity index (χ0v) is 13.1. The lowest BCUT2D eigenvalue weighted by molar-refractivity contribution is 0.139. The lowest BCUT2D eigenvalue weighted by Gasteiger charge is -2.08.